The Kier molecular flexibility index (Phi) is 4.38. The van der Waals surface area contributed by atoms with Crippen molar-refractivity contribution in [3.8, 4) is 11.3 Å². The van der Waals surface area contributed by atoms with Crippen LogP contribution in [-0.2, 0) is 11.2 Å². The second-order valence-corrected chi connectivity index (χ2v) is 5.26. The molecule has 0 saturated carbocycles. The van der Waals surface area contributed by atoms with Gasteiger partial charge in [-0.3, -0.25) is 9.78 Å². The summed E-state index contributed by atoms with van der Waals surface area (Å²) in [5.41, 5.74) is 7.48. The van der Waals surface area contributed by atoms with Gasteiger partial charge in [-0.05, 0) is 23.8 Å². The number of carboxylic acid groups (broad SMARTS) is 1. The predicted molar refractivity (Wildman–Crippen MR) is 80.5 cm³/mol. The van der Waals surface area contributed by atoms with E-state index in [2.05, 4.69) is 4.98 Å². The van der Waals surface area contributed by atoms with Crippen molar-refractivity contribution >= 4 is 46.5 Å². The number of pyridine rings is 1. The molecule has 1 aromatic carbocycles. The second kappa shape index (κ2) is 5.87. The summed E-state index contributed by atoms with van der Waals surface area (Å²) in [5.74, 6) is -0.960. The quantitative estimate of drug-likeness (QED) is 0.836. The average molecular weight is 332 g/mol. The monoisotopic (exact) mass is 330 g/mol. The first-order chi connectivity index (χ1) is 9.40. The van der Waals surface area contributed by atoms with Crippen LogP contribution in [0.1, 0.15) is 5.56 Å². The molecule has 3 N–H and O–H groups in total. The summed E-state index contributed by atoms with van der Waals surface area (Å²) >= 11 is 18.2. The number of anilines is 1. The first-order valence-electron chi connectivity index (χ1n) is 5.50. The third kappa shape index (κ3) is 2.98. The Balaban J connectivity index is 2.54. The number of aliphatic carboxylic acids is 1. The summed E-state index contributed by atoms with van der Waals surface area (Å²) < 4.78 is 0. The van der Waals surface area contributed by atoms with E-state index in [1.165, 1.54) is 12.3 Å². The molecule has 1 heterocycles. The third-order valence-electron chi connectivity index (χ3n) is 2.61. The molecule has 1 aromatic heterocycles. The van der Waals surface area contributed by atoms with Crippen LogP contribution in [0.25, 0.3) is 11.3 Å². The number of rotatable bonds is 3. The molecule has 4 nitrogen and oxygen atoms in total. The van der Waals surface area contributed by atoms with Crippen molar-refractivity contribution in [2.75, 3.05) is 5.73 Å². The minimum Gasteiger partial charge on any atom is -0.481 e. The number of nitrogen functional groups attached to an aromatic ring is 1. The molecule has 0 radical (unpaired) electrons. The maximum absolute atomic E-state index is 10.7. The second-order valence-electron chi connectivity index (χ2n) is 4.07. The molecule has 0 spiro atoms. The van der Waals surface area contributed by atoms with Gasteiger partial charge < -0.3 is 10.8 Å². The third-order valence-corrected chi connectivity index (χ3v) is 3.73. The summed E-state index contributed by atoms with van der Waals surface area (Å²) in [6.45, 7) is 0. The van der Waals surface area contributed by atoms with Crippen molar-refractivity contribution in [1.29, 1.82) is 0 Å². The van der Waals surface area contributed by atoms with Crippen LogP contribution in [0.15, 0.2) is 24.4 Å². The fourth-order valence-corrected chi connectivity index (χ4v) is 2.46. The van der Waals surface area contributed by atoms with Gasteiger partial charge in [0.1, 0.15) is 0 Å². The van der Waals surface area contributed by atoms with Gasteiger partial charge in [0.2, 0.25) is 0 Å². The van der Waals surface area contributed by atoms with Crippen molar-refractivity contribution in [2.24, 2.45) is 0 Å². The van der Waals surface area contributed by atoms with Crippen molar-refractivity contribution in [3.63, 3.8) is 0 Å². The van der Waals surface area contributed by atoms with E-state index in [1.54, 1.807) is 12.1 Å². The number of hydrogen-bond acceptors (Lipinski definition) is 3. The van der Waals surface area contributed by atoms with E-state index in [0.29, 0.717) is 26.9 Å². The van der Waals surface area contributed by atoms with Crippen LogP contribution in [0.2, 0.25) is 15.1 Å². The molecule has 104 valence electrons. The fraction of sp³-hybridized carbons (Fsp3) is 0.0769. The van der Waals surface area contributed by atoms with E-state index in [0.717, 1.165) is 0 Å². The Bertz CT molecular complexity index is 690. The number of carbonyl (C=O) groups is 1. The molecule has 0 fully saturated rings. The Morgan fingerprint density at radius 3 is 2.50 bits per heavy atom. The highest BCUT2D eigenvalue weighted by Crippen LogP contribution is 2.40. The molecule has 20 heavy (non-hydrogen) atoms. The summed E-state index contributed by atoms with van der Waals surface area (Å²) in [7, 11) is 0. The van der Waals surface area contributed by atoms with Crippen molar-refractivity contribution in [1.82, 2.24) is 4.98 Å². The lowest BCUT2D eigenvalue weighted by Crippen LogP contribution is -2.03. The van der Waals surface area contributed by atoms with Gasteiger partial charge in [-0.1, -0.05) is 34.8 Å². The Morgan fingerprint density at radius 2 is 1.90 bits per heavy atom. The average Bonchev–Trinajstić information content (AvgIpc) is 2.36. The van der Waals surface area contributed by atoms with E-state index < -0.39 is 5.97 Å². The molecule has 0 aliphatic carbocycles. The minimum atomic E-state index is -0.960. The number of nitrogens with two attached hydrogens (primary N) is 1. The lowest BCUT2D eigenvalue weighted by atomic mass is 10.1. The van der Waals surface area contributed by atoms with E-state index in [1.807, 2.05) is 0 Å². The summed E-state index contributed by atoms with van der Waals surface area (Å²) in [5, 5.41) is 9.69. The molecule has 0 bridgehead atoms. The smallest absolute Gasteiger partial charge is 0.307 e. The lowest BCUT2D eigenvalue weighted by molar-refractivity contribution is -0.136. The largest absolute Gasteiger partial charge is 0.481 e. The maximum atomic E-state index is 10.7. The Hall–Kier alpha value is -1.49. The molecule has 0 amide bonds. The van der Waals surface area contributed by atoms with Gasteiger partial charge >= 0.3 is 5.97 Å². The van der Waals surface area contributed by atoms with Gasteiger partial charge in [0, 0.05) is 11.8 Å². The van der Waals surface area contributed by atoms with E-state index >= 15 is 0 Å². The number of hydrogen-bond donors (Lipinski definition) is 2. The minimum absolute atomic E-state index is 0.158. The van der Waals surface area contributed by atoms with Gasteiger partial charge in [-0.15, -0.1) is 0 Å². The molecular formula is C13H9Cl3N2O2. The van der Waals surface area contributed by atoms with Crippen LogP contribution < -0.4 is 5.73 Å². The Morgan fingerprint density at radius 1 is 1.25 bits per heavy atom. The zero-order valence-electron chi connectivity index (χ0n) is 10.0. The maximum Gasteiger partial charge on any atom is 0.307 e. The molecule has 2 rings (SSSR count). The van der Waals surface area contributed by atoms with Crippen molar-refractivity contribution in [2.45, 2.75) is 6.42 Å². The lowest BCUT2D eigenvalue weighted by Gasteiger charge is -2.11. The first kappa shape index (κ1) is 14.9. The van der Waals surface area contributed by atoms with Gasteiger partial charge in [0.25, 0.3) is 0 Å². The zero-order chi connectivity index (χ0) is 14.9. The molecule has 2 aromatic rings. The summed E-state index contributed by atoms with van der Waals surface area (Å²) in [6.07, 6.45) is 1.27. The van der Waals surface area contributed by atoms with Gasteiger partial charge in [0.05, 0.1) is 32.9 Å². The predicted octanol–water partition coefficient (Wildman–Crippen LogP) is 3.92. The molecular weight excluding hydrogens is 323 g/mol. The van der Waals surface area contributed by atoms with Crippen molar-refractivity contribution < 1.29 is 9.90 Å². The molecule has 0 atom stereocenters. The van der Waals surface area contributed by atoms with Gasteiger partial charge in [-0.2, -0.15) is 0 Å². The van der Waals surface area contributed by atoms with Crippen LogP contribution in [0, 0.1) is 0 Å². The van der Waals surface area contributed by atoms with Crippen LogP contribution in [0.3, 0.4) is 0 Å². The SMILES string of the molecule is Nc1cc(CC(=O)O)cnc1-c1c(Cl)ccc(Cl)c1Cl. The van der Waals surface area contributed by atoms with Crippen LogP contribution >= 0.6 is 34.8 Å². The number of aromatic nitrogens is 1. The first-order valence-corrected chi connectivity index (χ1v) is 6.63. The standard InChI is InChI=1S/C13H9Cl3N2O2/c14-7-1-2-8(15)12(16)11(7)13-9(17)3-6(5-18-13)4-10(19)20/h1-3,5H,4,17H2,(H,19,20). The highest BCUT2D eigenvalue weighted by Gasteiger charge is 2.16. The molecule has 7 heteroatoms. The highest BCUT2D eigenvalue weighted by atomic mass is 35.5. The topological polar surface area (TPSA) is 76.2 Å². The van der Waals surface area contributed by atoms with E-state index in [-0.39, 0.29) is 17.1 Å². The zero-order valence-corrected chi connectivity index (χ0v) is 12.3. The number of nitrogens with zero attached hydrogens (tertiary/aromatic N) is 1. The van der Waals surface area contributed by atoms with Crippen molar-refractivity contribution in [3.05, 3.63) is 45.0 Å². The van der Waals surface area contributed by atoms with E-state index in [9.17, 15) is 4.79 Å². The Labute approximate surface area is 130 Å². The molecule has 0 aliphatic rings. The molecule has 0 unspecified atom stereocenters. The summed E-state index contributed by atoms with van der Waals surface area (Å²) in [6, 6.07) is 4.70. The normalized spacial score (nSPS) is 10.6. The number of halogens is 3. The van der Waals surface area contributed by atoms with Crippen LogP contribution in [-0.4, -0.2) is 16.1 Å². The summed E-state index contributed by atoms with van der Waals surface area (Å²) in [4.78, 5) is 14.8. The van der Waals surface area contributed by atoms with E-state index in [4.69, 9.17) is 45.6 Å². The molecule has 0 saturated heterocycles. The van der Waals surface area contributed by atoms with Crippen LogP contribution in [0.4, 0.5) is 5.69 Å². The van der Waals surface area contributed by atoms with Crippen LogP contribution in [0.5, 0.6) is 0 Å². The number of benzene rings is 1. The highest BCUT2D eigenvalue weighted by molar-refractivity contribution is 6.46. The fourth-order valence-electron chi connectivity index (χ4n) is 1.75. The van der Waals surface area contributed by atoms with Gasteiger partial charge in [0.15, 0.2) is 0 Å². The molecule has 0 aliphatic heterocycles. The van der Waals surface area contributed by atoms with Gasteiger partial charge in [-0.25, -0.2) is 0 Å². The number of carboxylic acids is 1.